The highest BCUT2D eigenvalue weighted by Crippen LogP contribution is 2.02. The van der Waals surface area contributed by atoms with Crippen molar-refractivity contribution in [2.75, 3.05) is 25.9 Å². The Kier molecular flexibility index (Phi) is 3.96. The fourth-order valence-electron chi connectivity index (χ4n) is 1.12. The summed E-state index contributed by atoms with van der Waals surface area (Å²) in [7, 11) is 2.00. The molecule has 3 nitrogen and oxygen atoms in total. The molecule has 1 aromatic rings. The molecule has 0 saturated heterocycles. The monoisotopic (exact) mass is 189 g/mol. The smallest absolute Gasteiger partial charge is 0.0596 e. The lowest BCUT2D eigenvalue weighted by Gasteiger charge is -2.12. The number of nitrogens with zero attached hydrogens (tertiary/aromatic N) is 2. The lowest BCUT2D eigenvalue weighted by molar-refractivity contribution is 0.379. The second-order valence-electron chi connectivity index (χ2n) is 3.27. The Bertz CT molecular complexity index is 310. The summed E-state index contributed by atoms with van der Waals surface area (Å²) < 4.78 is 0. The van der Waals surface area contributed by atoms with Gasteiger partial charge in [0, 0.05) is 18.7 Å². The number of nitrogen functional groups attached to an aromatic ring is 1. The van der Waals surface area contributed by atoms with E-state index in [2.05, 4.69) is 15.8 Å². The molecule has 2 N–H and O–H groups in total. The Balaban J connectivity index is 2.39. The number of likely N-dealkylation sites (N-methyl/N-ethyl adjacent to an activating group) is 1. The third kappa shape index (κ3) is 3.46. The van der Waals surface area contributed by atoms with Crippen LogP contribution in [0, 0.1) is 12.3 Å². The highest BCUT2D eigenvalue weighted by atomic mass is 15.1. The van der Waals surface area contributed by atoms with Gasteiger partial charge in [-0.05, 0) is 19.2 Å². The first-order chi connectivity index (χ1) is 6.72. The molecule has 14 heavy (non-hydrogen) atoms. The van der Waals surface area contributed by atoms with Crippen molar-refractivity contribution >= 4 is 5.69 Å². The number of rotatable bonds is 4. The maximum absolute atomic E-state index is 5.53. The van der Waals surface area contributed by atoms with Crippen LogP contribution in [0.3, 0.4) is 0 Å². The third-order valence-corrected chi connectivity index (χ3v) is 1.96. The van der Waals surface area contributed by atoms with Gasteiger partial charge in [0.05, 0.1) is 18.4 Å². The number of aromatic nitrogens is 1. The molecule has 0 atom stereocenters. The minimum atomic E-state index is 0.676. The van der Waals surface area contributed by atoms with Crippen molar-refractivity contribution in [3.63, 3.8) is 0 Å². The van der Waals surface area contributed by atoms with Gasteiger partial charge in [-0.15, -0.1) is 6.42 Å². The molecule has 0 aliphatic carbocycles. The summed E-state index contributed by atoms with van der Waals surface area (Å²) in [6.07, 6.45) is 7.77. The van der Waals surface area contributed by atoms with Crippen molar-refractivity contribution in [2.45, 2.75) is 6.42 Å². The van der Waals surface area contributed by atoms with Crippen LogP contribution in [-0.2, 0) is 6.42 Å². The van der Waals surface area contributed by atoms with E-state index in [1.807, 2.05) is 19.2 Å². The van der Waals surface area contributed by atoms with Gasteiger partial charge >= 0.3 is 0 Å². The normalized spacial score (nSPS) is 10.1. The lowest BCUT2D eigenvalue weighted by Crippen LogP contribution is -2.21. The molecular formula is C11H15N3. The van der Waals surface area contributed by atoms with Crippen LogP contribution in [0.1, 0.15) is 5.69 Å². The van der Waals surface area contributed by atoms with E-state index in [4.69, 9.17) is 12.2 Å². The number of hydrogen-bond donors (Lipinski definition) is 1. The summed E-state index contributed by atoms with van der Waals surface area (Å²) >= 11 is 0. The molecule has 0 radical (unpaired) electrons. The summed E-state index contributed by atoms with van der Waals surface area (Å²) in [5, 5.41) is 0. The summed E-state index contributed by atoms with van der Waals surface area (Å²) in [4.78, 5) is 6.29. The fourth-order valence-corrected chi connectivity index (χ4v) is 1.12. The number of terminal acetylenes is 1. The maximum atomic E-state index is 5.53. The van der Waals surface area contributed by atoms with Crippen molar-refractivity contribution in [2.24, 2.45) is 0 Å². The van der Waals surface area contributed by atoms with Gasteiger partial charge in [0.1, 0.15) is 0 Å². The highest BCUT2D eigenvalue weighted by molar-refractivity contribution is 5.34. The molecule has 3 heteroatoms. The van der Waals surface area contributed by atoms with Crippen molar-refractivity contribution in [1.82, 2.24) is 9.88 Å². The molecule has 0 bridgehead atoms. The van der Waals surface area contributed by atoms with E-state index in [0.29, 0.717) is 12.2 Å². The second-order valence-corrected chi connectivity index (χ2v) is 3.27. The Hall–Kier alpha value is -1.53. The molecule has 1 rings (SSSR count). The largest absolute Gasteiger partial charge is 0.397 e. The zero-order valence-electron chi connectivity index (χ0n) is 8.40. The average molecular weight is 189 g/mol. The maximum Gasteiger partial charge on any atom is 0.0596 e. The van der Waals surface area contributed by atoms with E-state index in [9.17, 15) is 0 Å². The predicted molar refractivity (Wildman–Crippen MR) is 58.7 cm³/mol. The topological polar surface area (TPSA) is 42.1 Å². The quantitative estimate of drug-likeness (QED) is 0.711. The van der Waals surface area contributed by atoms with Crippen LogP contribution >= 0.6 is 0 Å². The van der Waals surface area contributed by atoms with Gasteiger partial charge in [-0.1, -0.05) is 5.92 Å². The van der Waals surface area contributed by atoms with Crippen LogP contribution in [-0.4, -0.2) is 30.0 Å². The highest BCUT2D eigenvalue weighted by Gasteiger charge is 1.98. The molecule has 0 aliphatic heterocycles. The van der Waals surface area contributed by atoms with Crippen LogP contribution in [0.15, 0.2) is 18.3 Å². The van der Waals surface area contributed by atoms with Gasteiger partial charge in [-0.25, -0.2) is 0 Å². The average Bonchev–Trinajstić information content (AvgIpc) is 2.17. The third-order valence-electron chi connectivity index (χ3n) is 1.96. The van der Waals surface area contributed by atoms with E-state index in [-0.39, 0.29) is 0 Å². The lowest BCUT2D eigenvalue weighted by atomic mass is 10.2. The fraction of sp³-hybridized carbons (Fsp3) is 0.364. The number of pyridine rings is 1. The summed E-state index contributed by atoms with van der Waals surface area (Å²) in [5.41, 5.74) is 7.28. The second kappa shape index (κ2) is 5.25. The molecule has 0 spiro atoms. The van der Waals surface area contributed by atoms with E-state index in [0.717, 1.165) is 18.7 Å². The van der Waals surface area contributed by atoms with Gasteiger partial charge in [0.2, 0.25) is 0 Å². The van der Waals surface area contributed by atoms with Crippen molar-refractivity contribution in [1.29, 1.82) is 0 Å². The molecule has 0 saturated carbocycles. The van der Waals surface area contributed by atoms with Crippen LogP contribution in [0.2, 0.25) is 0 Å². The number of nitrogens with two attached hydrogens (primary N) is 1. The molecule has 1 heterocycles. The van der Waals surface area contributed by atoms with Crippen molar-refractivity contribution in [3.8, 4) is 12.3 Å². The van der Waals surface area contributed by atoms with Crippen molar-refractivity contribution < 1.29 is 0 Å². The molecule has 0 unspecified atom stereocenters. The SMILES string of the molecule is C#CCN(C)CCc1ccc(N)cn1. The van der Waals surface area contributed by atoms with Gasteiger partial charge in [-0.2, -0.15) is 0 Å². The van der Waals surface area contributed by atoms with Gasteiger partial charge < -0.3 is 5.73 Å². The van der Waals surface area contributed by atoms with Gasteiger partial charge in [-0.3, -0.25) is 9.88 Å². The predicted octanol–water partition coefficient (Wildman–Crippen LogP) is 0.771. The number of hydrogen-bond acceptors (Lipinski definition) is 3. The van der Waals surface area contributed by atoms with Crippen LogP contribution in [0.25, 0.3) is 0 Å². The Morgan fingerprint density at radius 2 is 2.36 bits per heavy atom. The first-order valence-electron chi connectivity index (χ1n) is 4.55. The first kappa shape index (κ1) is 10.6. The first-order valence-corrected chi connectivity index (χ1v) is 4.55. The summed E-state index contributed by atoms with van der Waals surface area (Å²) in [6.45, 7) is 1.59. The standard InChI is InChI=1S/C11H15N3/c1-3-7-14(2)8-6-11-5-4-10(12)9-13-11/h1,4-5,9H,6-8,12H2,2H3. The van der Waals surface area contributed by atoms with Gasteiger partial charge in [0.25, 0.3) is 0 Å². The van der Waals surface area contributed by atoms with Crippen LogP contribution < -0.4 is 5.73 Å². The zero-order valence-corrected chi connectivity index (χ0v) is 8.40. The van der Waals surface area contributed by atoms with E-state index in [1.165, 1.54) is 0 Å². The number of anilines is 1. The van der Waals surface area contributed by atoms with E-state index >= 15 is 0 Å². The Morgan fingerprint density at radius 1 is 1.57 bits per heavy atom. The molecule has 0 fully saturated rings. The molecular weight excluding hydrogens is 174 g/mol. The minimum absolute atomic E-state index is 0.676. The van der Waals surface area contributed by atoms with Crippen molar-refractivity contribution in [3.05, 3.63) is 24.0 Å². The summed E-state index contributed by atoms with van der Waals surface area (Å²) in [6, 6.07) is 3.81. The Morgan fingerprint density at radius 3 is 2.93 bits per heavy atom. The molecule has 0 aliphatic rings. The summed E-state index contributed by atoms with van der Waals surface area (Å²) in [5.74, 6) is 2.60. The van der Waals surface area contributed by atoms with Crippen LogP contribution in [0.4, 0.5) is 5.69 Å². The zero-order chi connectivity index (χ0) is 10.4. The van der Waals surface area contributed by atoms with E-state index in [1.54, 1.807) is 6.20 Å². The molecule has 1 aromatic heterocycles. The molecule has 0 amide bonds. The molecule has 0 aromatic carbocycles. The minimum Gasteiger partial charge on any atom is -0.397 e. The van der Waals surface area contributed by atoms with E-state index < -0.39 is 0 Å². The van der Waals surface area contributed by atoms with Crippen LogP contribution in [0.5, 0.6) is 0 Å². The molecule has 74 valence electrons. The Labute approximate surface area is 84.9 Å². The van der Waals surface area contributed by atoms with Gasteiger partial charge in [0.15, 0.2) is 0 Å².